The Bertz CT molecular complexity index is 429. The van der Waals surface area contributed by atoms with Crippen LogP contribution in [0.4, 0.5) is 10.5 Å². The molecule has 16 heavy (non-hydrogen) atoms. The van der Waals surface area contributed by atoms with Crippen LogP contribution in [-0.2, 0) is 4.79 Å². The number of nitrogens with two attached hydrogens (primary N) is 1. The molecule has 0 aliphatic rings. The second-order valence-electron chi connectivity index (χ2n) is 3.62. The zero-order valence-electron chi connectivity index (χ0n) is 9.15. The third-order valence-electron chi connectivity index (χ3n) is 2.38. The van der Waals surface area contributed by atoms with E-state index in [9.17, 15) is 9.59 Å². The van der Waals surface area contributed by atoms with Crippen molar-refractivity contribution >= 4 is 17.7 Å². The maximum absolute atomic E-state index is 10.8. The van der Waals surface area contributed by atoms with Crippen LogP contribution in [0.15, 0.2) is 18.2 Å². The number of carboxylic acids is 1. The molecule has 1 unspecified atom stereocenters. The van der Waals surface area contributed by atoms with E-state index in [2.05, 4.69) is 5.32 Å². The molecule has 0 aromatic heterocycles. The smallest absolute Gasteiger partial charge is 0.316 e. The van der Waals surface area contributed by atoms with Crippen LogP contribution in [0.3, 0.4) is 0 Å². The highest BCUT2D eigenvalue weighted by Gasteiger charge is 2.14. The first-order chi connectivity index (χ1) is 7.41. The molecule has 0 heterocycles. The fourth-order valence-corrected chi connectivity index (χ4v) is 1.37. The van der Waals surface area contributed by atoms with Crippen LogP contribution < -0.4 is 11.1 Å². The van der Waals surface area contributed by atoms with E-state index >= 15 is 0 Å². The lowest BCUT2D eigenvalue weighted by molar-refractivity contribution is -0.138. The number of anilines is 1. The Morgan fingerprint density at radius 2 is 2.06 bits per heavy atom. The molecular weight excluding hydrogens is 208 g/mol. The van der Waals surface area contributed by atoms with E-state index in [1.54, 1.807) is 32.0 Å². The van der Waals surface area contributed by atoms with E-state index in [1.165, 1.54) is 0 Å². The van der Waals surface area contributed by atoms with Gasteiger partial charge in [-0.05, 0) is 31.0 Å². The van der Waals surface area contributed by atoms with Gasteiger partial charge in [0.15, 0.2) is 0 Å². The van der Waals surface area contributed by atoms with Gasteiger partial charge in [0.1, 0.15) is 0 Å². The minimum Gasteiger partial charge on any atom is -0.481 e. The van der Waals surface area contributed by atoms with E-state index in [0.717, 1.165) is 5.56 Å². The molecule has 0 bridgehead atoms. The van der Waals surface area contributed by atoms with Crippen molar-refractivity contribution in [1.82, 2.24) is 0 Å². The van der Waals surface area contributed by atoms with Crippen LogP contribution in [0.25, 0.3) is 0 Å². The lowest BCUT2D eigenvalue weighted by Crippen LogP contribution is -2.20. The predicted molar refractivity (Wildman–Crippen MR) is 60.4 cm³/mol. The van der Waals surface area contributed by atoms with Crippen LogP contribution in [0.1, 0.15) is 24.0 Å². The number of rotatable bonds is 3. The third kappa shape index (κ3) is 2.73. The summed E-state index contributed by atoms with van der Waals surface area (Å²) in [7, 11) is 0. The minimum atomic E-state index is -0.880. The molecule has 0 fully saturated rings. The lowest BCUT2D eigenvalue weighted by Gasteiger charge is -2.11. The molecule has 0 saturated heterocycles. The molecular formula is C11H14N2O3. The number of benzene rings is 1. The molecule has 0 spiro atoms. The number of carbonyl (C=O) groups is 2. The summed E-state index contributed by atoms with van der Waals surface area (Å²) >= 11 is 0. The van der Waals surface area contributed by atoms with Crippen molar-refractivity contribution in [3.8, 4) is 0 Å². The maximum atomic E-state index is 10.8. The SMILES string of the molecule is Cc1cc(C(C)C(=O)O)ccc1NC(N)=O. The molecule has 4 N–H and O–H groups in total. The topological polar surface area (TPSA) is 92.4 Å². The summed E-state index contributed by atoms with van der Waals surface area (Å²) in [6.45, 7) is 3.39. The number of carboxylic acid groups (broad SMARTS) is 1. The molecule has 0 aliphatic heterocycles. The summed E-state index contributed by atoms with van der Waals surface area (Å²) in [4.78, 5) is 21.4. The van der Waals surface area contributed by atoms with Crippen molar-refractivity contribution in [3.63, 3.8) is 0 Å². The van der Waals surface area contributed by atoms with Crippen molar-refractivity contribution in [2.45, 2.75) is 19.8 Å². The monoisotopic (exact) mass is 222 g/mol. The van der Waals surface area contributed by atoms with Gasteiger partial charge in [-0.25, -0.2) is 4.79 Å². The molecule has 1 rings (SSSR count). The molecule has 0 aliphatic carbocycles. The number of nitrogens with one attached hydrogen (secondary N) is 1. The van der Waals surface area contributed by atoms with Gasteiger partial charge < -0.3 is 16.2 Å². The van der Waals surface area contributed by atoms with E-state index in [1.807, 2.05) is 0 Å². The first-order valence-electron chi connectivity index (χ1n) is 4.81. The number of hydrogen-bond acceptors (Lipinski definition) is 2. The second-order valence-corrected chi connectivity index (χ2v) is 3.62. The van der Waals surface area contributed by atoms with Crippen LogP contribution >= 0.6 is 0 Å². The molecule has 1 aromatic carbocycles. The molecule has 0 saturated carbocycles. The summed E-state index contributed by atoms with van der Waals surface area (Å²) in [5.41, 5.74) is 7.06. The lowest BCUT2D eigenvalue weighted by atomic mass is 9.99. The van der Waals surface area contributed by atoms with Gasteiger partial charge in [-0.15, -0.1) is 0 Å². The standard InChI is InChI=1S/C11H14N2O3/c1-6-5-8(7(2)10(14)15)3-4-9(6)13-11(12)16/h3-5,7H,1-2H3,(H,14,15)(H3,12,13,16). The number of urea groups is 1. The Balaban J connectivity index is 2.99. The highest BCUT2D eigenvalue weighted by atomic mass is 16.4. The van der Waals surface area contributed by atoms with E-state index in [-0.39, 0.29) is 0 Å². The normalized spacial score (nSPS) is 11.9. The molecule has 0 radical (unpaired) electrons. The number of hydrogen-bond donors (Lipinski definition) is 3. The fraction of sp³-hybridized carbons (Fsp3) is 0.273. The molecule has 5 heteroatoms. The Morgan fingerprint density at radius 1 is 1.44 bits per heavy atom. The molecule has 2 amide bonds. The van der Waals surface area contributed by atoms with Crippen molar-refractivity contribution in [1.29, 1.82) is 0 Å². The van der Waals surface area contributed by atoms with Crippen LogP contribution in [0.5, 0.6) is 0 Å². The van der Waals surface area contributed by atoms with Crippen molar-refractivity contribution < 1.29 is 14.7 Å². The minimum absolute atomic E-state index is 0.568. The number of aliphatic carboxylic acids is 1. The van der Waals surface area contributed by atoms with E-state index in [4.69, 9.17) is 10.8 Å². The van der Waals surface area contributed by atoms with Gasteiger partial charge in [-0.3, -0.25) is 4.79 Å². The second kappa shape index (κ2) is 4.65. The van der Waals surface area contributed by atoms with Crippen LogP contribution in [-0.4, -0.2) is 17.1 Å². The molecule has 5 nitrogen and oxygen atoms in total. The van der Waals surface area contributed by atoms with E-state index < -0.39 is 17.9 Å². The number of aryl methyl sites for hydroxylation is 1. The first kappa shape index (κ1) is 12.0. The average Bonchev–Trinajstić information content (AvgIpc) is 2.19. The van der Waals surface area contributed by atoms with Gasteiger partial charge in [0.05, 0.1) is 5.92 Å². The van der Waals surface area contributed by atoms with Gasteiger partial charge >= 0.3 is 12.0 Å². The number of primary amides is 1. The predicted octanol–water partition coefficient (Wildman–Crippen LogP) is 1.67. The van der Waals surface area contributed by atoms with E-state index in [0.29, 0.717) is 11.3 Å². The number of amides is 2. The molecule has 1 atom stereocenters. The van der Waals surface area contributed by atoms with Crippen LogP contribution in [0, 0.1) is 6.92 Å². The quantitative estimate of drug-likeness (QED) is 0.726. The van der Waals surface area contributed by atoms with Gasteiger partial charge in [-0.2, -0.15) is 0 Å². The zero-order valence-corrected chi connectivity index (χ0v) is 9.15. The Morgan fingerprint density at radius 3 is 2.50 bits per heavy atom. The Hall–Kier alpha value is -2.04. The van der Waals surface area contributed by atoms with Crippen molar-refractivity contribution in [3.05, 3.63) is 29.3 Å². The van der Waals surface area contributed by atoms with Crippen LogP contribution in [0.2, 0.25) is 0 Å². The molecule has 86 valence electrons. The molecule has 1 aromatic rings. The van der Waals surface area contributed by atoms with Crippen molar-refractivity contribution in [2.24, 2.45) is 5.73 Å². The van der Waals surface area contributed by atoms with Gasteiger partial charge in [-0.1, -0.05) is 12.1 Å². The van der Waals surface area contributed by atoms with Gasteiger partial charge in [0, 0.05) is 5.69 Å². The summed E-state index contributed by atoms with van der Waals surface area (Å²) < 4.78 is 0. The number of carbonyl (C=O) groups excluding carboxylic acids is 1. The van der Waals surface area contributed by atoms with Crippen molar-refractivity contribution in [2.75, 3.05) is 5.32 Å². The summed E-state index contributed by atoms with van der Waals surface area (Å²) in [5.74, 6) is -1.45. The first-order valence-corrected chi connectivity index (χ1v) is 4.81. The highest BCUT2D eigenvalue weighted by Crippen LogP contribution is 2.22. The third-order valence-corrected chi connectivity index (χ3v) is 2.38. The Kier molecular flexibility index (Phi) is 3.50. The maximum Gasteiger partial charge on any atom is 0.316 e. The summed E-state index contributed by atoms with van der Waals surface area (Å²) in [5, 5.41) is 11.3. The highest BCUT2D eigenvalue weighted by molar-refractivity contribution is 5.88. The largest absolute Gasteiger partial charge is 0.481 e. The van der Waals surface area contributed by atoms with Gasteiger partial charge in [0.2, 0.25) is 0 Å². The average molecular weight is 222 g/mol. The fourth-order valence-electron chi connectivity index (χ4n) is 1.37. The Labute approximate surface area is 93.3 Å². The summed E-state index contributed by atoms with van der Waals surface area (Å²) in [6.07, 6.45) is 0. The van der Waals surface area contributed by atoms with Gasteiger partial charge in [0.25, 0.3) is 0 Å². The summed E-state index contributed by atoms with van der Waals surface area (Å²) in [6, 6.07) is 4.40. The zero-order chi connectivity index (χ0) is 12.3.